The van der Waals surface area contributed by atoms with Crippen LogP contribution in [0.2, 0.25) is 0 Å². The third-order valence-corrected chi connectivity index (χ3v) is 4.04. The summed E-state index contributed by atoms with van der Waals surface area (Å²) in [4.78, 5) is 12.1. The van der Waals surface area contributed by atoms with E-state index in [1.54, 1.807) is 24.3 Å². The molecule has 0 saturated carbocycles. The number of hydrogen-bond acceptors (Lipinski definition) is 3. The highest BCUT2D eigenvalue weighted by Gasteiger charge is 2.30. The number of anilines is 1. The lowest BCUT2D eigenvalue weighted by Crippen LogP contribution is -2.24. The van der Waals surface area contributed by atoms with Gasteiger partial charge in [0.2, 0.25) is 5.91 Å². The molecule has 4 nitrogen and oxygen atoms in total. The van der Waals surface area contributed by atoms with Crippen LogP contribution in [0.1, 0.15) is 37.3 Å². The second-order valence-corrected chi connectivity index (χ2v) is 5.58. The number of amides is 1. The Balaban J connectivity index is 2.12. The predicted molar refractivity (Wildman–Crippen MR) is 90.3 cm³/mol. The summed E-state index contributed by atoms with van der Waals surface area (Å²) in [5.41, 5.74) is 2.00. The highest BCUT2D eigenvalue weighted by atomic mass is 19.1. The molecule has 0 aliphatic carbocycles. The zero-order valence-electron chi connectivity index (χ0n) is 13.8. The van der Waals surface area contributed by atoms with E-state index in [0.29, 0.717) is 36.0 Å². The van der Waals surface area contributed by atoms with E-state index in [1.807, 2.05) is 19.9 Å². The number of halogens is 1. The van der Waals surface area contributed by atoms with Gasteiger partial charge in [-0.25, -0.2) is 4.39 Å². The molecule has 3 rings (SSSR count). The van der Waals surface area contributed by atoms with Crippen LogP contribution in [0.15, 0.2) is 36.4 Å². The van der Waals surface area contributed by atoms with Gasteiger partial charge in [0.25, 0.3) is 0 Å². The number of rotatable bonds is 5. The number of hydrogen-bond donors (Lipinski definition) is 1. The molecule has 24 heavy (non-hydrogen) atoms. The molecular formula is C19H20FNO3. The van der Waals surface area contributed by atoms with Gasteiger partial charge in [-0.2, -0.15) is 0 Å². The second-order valence-electron chi connectivity index (χ2n) is 5.58. The Labute approximate surface area is 140 Å². The van der Waals surface area contributed by atoms with Crippen molar-refractivity contribution in [2.45, 2.75) is 26.2 Å². The zero-order valence-corrected chi connectivity index (χ0v) is 13.8. The van der Waals surface area contributed by atoms with Crippen LogP contribution in [0.5, 0.6) is 11.5 Å². The fourth-order valence-corrected chi connectivity index (χ4v) is 3.04. The van der Waals surface area contributed by atoms with E-state index in [2.05, 4.69) is 5.32 Å². The molecule has 1 aliphatic heterocycles. The fraction of sp³-hybridized carbons (Fsp3) is 0.316. The normalized spacial score (nSPS) is 16.3. The van der Waals surface area contributed by atoms with Crippen molar-refractivity contribution >= 4 is 11.6 Å². The first-order chi connectivity index (χ1) is 11.6. The van der Waals surface area contributed by atoms with Crippen LogP contribution < -0.4 is 14.8 Å². The third kappa shape index (κ3) is 3.07. The molecular weight excluding hydrogens is 309 g/mol. The minimum atomic E-state index is -0.343. The average molecular weight is 329 g/mol. The number of fused-ring (bicyclic) bond motifs is 1. The van der Waals surface area contributed by atoms with Crippen molar-refractivity contribution in [2.75, 3.05) is 18.5 Å². The molecule has 0 bridgehead atoms. The van der Waals surface area contributed by atoms with Crippen LogP contribution in [0.3, 0.4) is 0 Å². The molecule has 0 aromatic heterocycles. The SMILES string of the molecule is CCOc1cc2c(cc1OCC)[C@@H](c1ccccc1F)CC(=O)N2. The van der Waals surface area contributed by atoms with E-state index in [9.17, 15) is 9.18 Å². The van der Waals surface area contributed by atoms with Gasteiger partial charge in [-0.15, -0.1) is 0 Å². The van der Waals surface area contributed by atoms with Crippen LogP contribution in [0.4, 0.5) is 10.1 Å². The first-order valence-corrected chi connectivity index (χ1v) is 8.11. The van der Waals surface area contributed by atoms with Crippen molar-refractivity contribution in [3.63, 3.8) is 0 Å². The van der Waals surface area contributed by atoms with Gasteiger partial charge < -0.3 is 14.8 Å². The van der Waals surface area contributed by atoms with Crippen molar-refractivity contribution in [1.82, 2.24) is 0 Å². The molecule has 1 atom stereocenters. The Kier molecular flexibility index (Phi) is 4.69. The number of benzene rings is 2. The number of carbonyl (C=O) groups excluding carboxylic acids is 1. The summed E-state index contributed by atoms with van der Waals surface area (Å²) in [6.45, 7) is 4.76. The number of nitrogens with one attached hydrogen (secondary N) is 1. The maximum Gasteiger partial charge on any atom is 0.225 e. The highest BCUT2D eigenvalue weighted by molar-refractivity contribution is 5.96. The monoisotopic (exact) mass is 329 g/mol. The minimum Gasteiger partial charge on any atom is -0.490 e. The molecule has 1 amide bonds. The van der Waals surface area contributed by atoms with Gasteiger partial charge in [0.15, 0.2) is 11.5 Å². The first-order valence-electron chi connectivity index (χ1n) is 8.11. The van der Waals surface area contributed by atoms with Gasteiger partial charge in [0, 0.05) is 24.1 Å². The van der Waals surface area contributed by atoms with E-state index >= 15 is 0 Å². The van der Waals surface area contributed by atoms with Crippen LogP contribution in [0.25, 0.3) is 0 Å². The van der Waals surface area contributed by atoms with Crippen LogP contribution in [-0.2, 0) is 4.79 Å². The molecule has 1 aliphatic rings. The van der Waals surface area contributed by atoms with Gasteiger partial charge in [-0.1, -0.05) is 18.2 Å². The summed E-state index contributed by atoms with van der Waals surface area (Å²) >= 11 is 0. The van der Waals surface area contributed by atoms with Crippen LogP contribution in [0, 0.1) is 5.82 Å². The van der Waals surface area contributed by atoms with E-state index in [0.717, 1.165) is 5.56 Å². The highest BCUT2D eigenvalue weighted by Crippen LogP contribution is 2.43. The first kappa shape index (κ1) is 16.3. The number of ether oxygens (including phenoxy) is 2. The molecule has 0 spiro atoms. The Bertz CT molecular complexity index is 760. The van der Waals surface area contributed by atoms with Crippen molar-refractivity contribution < 1.29 is 18.7 Å². The van der Waals surface area contributed by atoms with Gasteiger partial charge in [-0.3, -0.25) is 4.79 Å². The fourth-order valence-electron chi connectivity index (χ4n) is 3.04. The molecule has 0 fully saturated rings. The topological polar surface area (TPSA) is 47.6 Å². The standard InChI is InChI=1S/C19H20FNO3/c1-3-23-17-9-14-13(12-7-5-6-8-15(12)20)10-19(22)21-16(14)11-18(17)24-4-2/h5-9,11,13H,3-4,10H2,1-2H3,(H,21,22)/t13-/m1/s1. The molecule has 0 saturated heterocycles. The van der Waals surface area contributed by atoms with Crippen molar-refractivity contribution in [3.8, 4) is 11.5 Å². The zero-order chi connectivity index (χ0) is 17.1. The van der Waals surface area contributed by atoms with Crippen LogP contribution >= 0.6 is 0 Å². The van der Waals surface area contributed by atoms with Gasteiger partial charge in [0.05, 0.1) is 13.2 Å². The second kappa shape index (κ2) is 6.91. The van der Waals surface area contributed by atoms with E-state index in [1.165, 1.54) is 6.07 Å². The summed E-state index contributed by atoms with van der Waals surface area (Å²) in [5.74, 6) is 0.394. The van der Waals surface area contributed by atoms with Crippen molar-refractivity contribution in [3.05, 3.63) is 53.3 Å². The van der Waals surface area contributed by atoms with Gasteiger partial charge in [-0.05, 0) is 37.1 Å². The predicted octanol–water partition coefficient (Wildman–Crippen LogP) is 4.10. The molecule has 0 unspecified atom stereocenters. The molecule has 0 radical (unpaired) electrons. The van der Waals surface area contributed by atoms with Crippen molar-refractivity contribution in [2.24, 2.45) is 0 Å². The Morgan fingerprint density at radius 1 is 1.08 bits per heavy atom. The van der Waals surface area contributed by atoms with E-state index in [-0.39, 0.29) is 24.1 Å². The summed E-state index contributed by atoms with van der Waals surface area (Å²) < 4.78 is 25.5. The Morgan fingerprint density at radius 3 is 2.42 bits per heavy atom. The van der Waals surface area contributed by atoms with E-state index in [4.69, 9.17) is 9.47 Å². The summed E-state index contributed by atoms with van der Waals surface area (Å²) in [6, 6.07) is 10.2. The number of carbonyl (C=O) groups is 1. The maximum absolute atomic E-state index is 14.3. The van der Waals surface area contributed by atoms with Crippen LogP contribution in [-0.4, -0.2) is 19.1 Å². The van der Waals surface area contributed by atoms with E-state index < -0.39 is 0 Å². The Hall–Kier alpha value is -2.56. The smallest absolute Gasteiger partial charge is 0.225 e. The van der Waals surface area contributed by atoms with Gasteiger partial charge in [0.1, 0.15) is 5.82 Å². The summed E-state index contributed by atoms with van der Waals surface area (Å²) in [6.07, 6.45) is 0.202. The van der Waals surface area contributed by atoms with Crippen molar-refractivity contribution in [1.29, 1.82) is 0 Å². The molecule has 1 heterocycles. The quantitative estimate of drug-likeness (QED) is 0.898. The average Bonchev–Trinajstić information content (AvgIpc) is 2.56. The largest absolute Gasteiger partial charge is 0.490 e. The van der Waals surface area contributed by atoms with Gasteiger partial charge >= 0.3 is 0 Å². The third-order valence-electron chi connectivity index (χ3n) is 4.04. The lowest BCUT2D eigenvalue weighted by Gasteiger charge is -2.27. The molecule has 5 heteroatoms. The molecule has 126 valence electrons. The lowest BCUT2D eigenvalue weighted by atomic mass is 9.84. The molecule has 2 aromatic carbocycles. The summed E-state index contributed by atoms with van der Waals surface area (Å²) in [7, 11) is 0. The lowest BCUT2D eigenvalue weighted by molar-refractivity contribution is -0.116. The maximum atomic E-state index is 14.3. The summed E-state index contributed by atoms with van der Waals surface area (Å²) in [5, 5.41) is 2.85. The molecule has 2 aromatic rings. The molecule has 1 N–H and O–H groups in total. The minimum absolute atomic E-state index is 0.137. The Morgan fingerprint density at radius 2 is 1.75 bits per heavy atom.